The van der Waals surface area contributed by atoms with Crippen molar-refractivity contribution in [2.75, 3.05) is 7.11 Å². The molecule has 1 heterocycles. The lowest BCUT2D eigenvalue weighted by atomic mass is 10.0. The summed E-state index contributed by atoms with van der Waals surface area (Å²) in [5, 5.41) is 10.8. The molecular formula is C14H15ClO3. The highest BCUT2D eigenvalue weighted by atomic mass is 35.5. The highest BCUT2D eigenvalue weighted by molar-refractivity contribution is 6.30. The van der Waals surface area contributed by atoms with Gasteiger partial charge in [-0.3, -0.25) is 0 Å². The summed E-state index contributed by atoms with van der Waals surface area (Å²) in [4.78, 5) is 0. The van der Waals surface area contributed by atoms with Gasteiger partial charge in [0.15, 0.2) is 0 Å². The number of benzene rings is 1. The topological polar surface area (TPSA) is 42.6 Å². The molecular weight excluding hydrogens is 252 g/mol. The second kappa shape index (κ2) is 5.94. The van der Waals surface area contributed by atoms with E-state index in [-0.39, 0.29) is 0 Å². The van der Waals surface area contributed by atoms with E-state index in [1.807, 2.05) is 12.1 Å². The van der Waals surface area contributed by atoms with Crippen LogP contribution in [0.3, 0.4) is 0 Å². The standard InChI is InChI=1S/C14H15ClO3/c1-17-14-7-4-10(15)9-12(14)13(16)6-5-11-3-2-8-18-11/h2-4,7-9,13,16H,5-6H2,1H3. The predicted molar refractivity (Wildman–Crippen MR) is 70.0 cm³/mol. The second-order valence-corrected chi connectivity index (χ2v) is 4.46. The number of furan rings is 1. The molecule has 1 aromatic heterocycles. The summed E-state index contributed by atoms with van der Waals surface area (Å²) < 4.78 is 10.4. The number of hydrogen-bond donors (Lipinski definition) is 1. The van der Waals surface area contributed by atoms with Crippen LogP contribution in [0.5, 0.6) is 5.75 Å². The third kappa shape index (κ3) is 3.06. The first-order chi connectivity index (χ1) is 8.70. The van der Waals surface area contributed by atoms with E-state index >= 15 is 0 Å². The van der Waals surface area contributed by atoms with E-state index in [1.165, 1.54) is 0 Å². The fourth-order valence-corrected chi connectivity index (χ4v) is 2.04. The molecule has 0 aliphatic heterocycles. The van der Waals surface area contributed by atoms with Gasteiger partial charge >= 0.3 is 0 Å². The Balaban J connectivity index is 2.08. The molecule has 1 aromatic carbocycles. The fraction of sp³-hybridized carbons (Fsp3) is 0.286. The van der Waals surface area contributed by atoms with Crippen molar-refractivity contribution in [3.05, 3.63) is 52.9 Å². The maximum absolute atomic E-state index is 10.2. The minimum Gasteiger partial charge on any atom is -0.496 e. The van der Waals surface area contributed by atoms with Gasteiger partial charge < -0.3 is 14.3 Å². The van der Waals surface area contributed by atoms with Gasteiger partial charge in [0.05, 0.1) is 19.5 Å². The van der Waals surface area contributed by atoms with Gasteiger partial charge in [-0.2, -0.15) is 0 Å². The molecule has 0 saturated carbocycles. The van der Waals surface area contributed by atoms with E-state index in [0.29, 0.717) is 29.2 Å². The zero-order chi connectivity index (χ0) is 13.0. The van der Waals surface area contributed by atoms with Crippen molar-refractivity contribution in [3.63, 3.8) is 0 Å². The Morgan fingerprint density at radius 3 is 2.89 bits per heavy atom. The molecule has 1 N–H and O–H groups in total. The zero-order valence-electron chi connectivity index (χ0n) is 10.1. The molecule has 0 fully saturated rings. The van der Waals surface area contributed by atoms with Crippen LogP contribution in [-0.4, -0.2) is 12.2 Å². The van der Waals surface area contributed by atoms with Crippen molar-refractivity contribution in [1.29, 1.82) is 0 Å². The van der Waals surface area contributed by atoms with Crippen LogP contribution >= 0.6 is 11.6 Å². The lowest BCUT2D eigenvalue weighted by Crippen LogP contribution is -2.02. The molecule has 0 bridgehead atoms. The van der Waals surface area contributed by atoms with Crippen LogP contribution in [0, 0.1) is 0 Å². The average Bonchev–Trinajstić information content (AvgIpc) is 2.89. The summed E-state index contributed by atoms with van der Waals surface area (Å²) in [7, 11) is 1.58. The van der Waals surface area contributed by atoms with Crippen molar-refractivity contribution < 1.29 is 14.3 Å². The molecule has 1 atom stereocenters. The molecule has 0 amide bonds. The molecule has 2 rings (SSSR count). The molecule has 3 nitrogen and oxygen atoms in total. The number of aliphatic hydroxyl groups excluding tert-OH is 1. The van der Waals surface area contributed by atoms with Gasteiger partial charge in [0.25, 0.3) is 0 Å². The Hall–Kier alpha value is -1.45. The third-order valence-electron chi connectivity index (χ3n) is 2.80. The Morgan fingerprint density at radius 1 is 1.39 bits per heavy atom. The van der Waals surface area contributed by atoms with Gasteiger partial charge in [0, 0.05) is 17.0 Å². The normalized spacial score (nSPS) is 12.4. The Morgan fingerprint density at radius 2 is 2.22 bits per heavy atom. The number of ether oxygens (including phenoxy) is 1. The average molecular weight is 267 g/mol. The summed E-state index contributed by atoms with van der Waals surface area (Å²) in [6.45, 7) is 0. The van der Waals surface area contributed by atoms with E-state index in [9.17, 15) is 5.11 Å². The van der Waals surface area contributed by atoms with E-state index < -0.39 is 6.10 Å². The maximum atomic E-state index is 10.2. The van der Waals surface area contributed by atoms with Crippen LogP contribution in [0.1, 0.15) is 23.8 Å². The largest absolute Gasteiger partial charge is 0.496 e. The van der Waals surface area contributed by atoms with Crippen LogP contribution in [0.15, 0.2) is 41.0 Å². The Kier molecular flexibility index (Phi) is 4.28. The molecule has 2 aromatic rings. The second-order valence-electron chi connectivity index (χ2n) is 4.02. The lowest BCUT2D eigenvalue weighted by molar-refractivity contribution is 0.161. The number of halogens is 1. The summed E-state index contributed by atoms with van der Waals surface area (Å²) in [6.07, 6.45) is 2.24. The van der Waals surface area contributed by atoms with Gasteiger partial charge in [0.2, 0.25) is 0 Å². The molecule has 18 heavy (non-hydrogen) atoms. The van der Waals surface area contributed by atoms with E-state index in [4.69, 9.17) is 20.8 Å². The Labute approximate surface area is 111 Å². The minimum absolute atomic E-state index is 0.560. The molecule has 0 radical (unpaired) electrons. The smallest absolute Gasteiger partial charge is 0.124 e. The van der Waals surface area contributed by atoms with Gasteiger partial charge in [-0.1, -0.05) is 11.6 Å². The lowest BCUT2D eigenvalue weighted by Gasteiger charge is -2.14. The van der Waals surface area contributed by atoms with Crippen molar-refractivity contribution in [2.45, 2.75) is 18.9 Å². The first-order valence-electron chi connectivity index (χ1n) is 5.74. The molecule has 0 saturated heterocycles. The molecule has 0 spiro atoms. The minimum atomic E-state index is -0.622. The first kappa shape index (κ1) is 13.0. The van der Waals surface area contributed by atoms with Crippen LogP contribution in [0.25, 0.3) is 0 Å². The summed E-state index contributed by atoms with van der Waals surface area (Å²) in [5.74, 6) is 1.50. The quantitative estimate of drug-likeness (QED) is 0.899. The van der Waals surface area contributed by atoms with Crippen LogP contribution in [-0.2, 0) is 6.42 Å². The van der Waals surface area contributed by atoms with Crippen molar-refractivity contribution in [3.8, 4) is 5.75 Å². The van der Waals surface area contributed by atoms with Gasteiger partial charge in [0.1, 0.15) is 11.5 Å². The van der Waals surface area contributed by atoms with Crippen LogP contribution in [0.2, 0.25) is 5.02 Å². The monoisotopic (exact) mass is 266 g/mol. The van der Waals surface area contributed by atoms with Crippen molar-refractivity contribution in [2.24, 2.45) is 0 Å². The highest BCUT2D eigenvalue weighted by Gasteiger charge is 2.14. The van der Waals surface area contributed by atoms with E-state index in [0.717, 1.165) is 5.76 Å². The Bertz CT molecular complexity index is 494. The van der Waals surface area contributed by atoms with E-state index in [1.54, 1.807) is 31.6 Å². The maximum Gasteiger partial charge on any atom is 0.124 e. The fourth-order valence-electron chi connectivity index (χ4n) is 1.85. The van der Waals surface area contributed by atoms with E-state index in [2.05, 4.69) is 0 Å². The van der Waals surface area contributed by atoms with Gasteiger partial charge in [-0.15, -0.1) is 0 Å². The number of methoxy groups -OCH3 is 1. The number of aliphatic hydroxyl groups is 1. The zero-order valence-corrected chi connectivity index (χ0v) is 10.9. The highest BCUT2D eigenvalue weighted by Crippen LogP contribution is 2.30. The number of hydrogen-bond acceptors (Lipinski definition) is 3. The van der Waals surface area contributed by atoms with Gasteiger partial charge in [-0.05, 0) is 36.8 Å². The molecule has 0 aliphatic rings. The predicted octanol–water partition coefficient (Wildman–Crippen LogP) is 3.61. The van der Waals surface area contributed by atoms with Crippen LogP contribution in [0.4, 0.5) is 0 Å². The summed E-state index contributed by atoms with van der Waals surface area (Å²) in [6, 6.07) is 8.95. The SMILES string of the molecule is COc1ccc(Cl)cc1C(O)CCc1ccco1. The summed E-state index contributed by atoms with van der Waals surface area (Å²) >= 11 is 5.93. The first-order valence-corrected chi connectivity index (χ1v) is 6.12. The van der Waals surface area contributed by atoms with Crippen molar-refractivity contribution >= 4 is 11.6 Å². The molecule has 96 valence electrons. The third-order valence-corrected chi connectivity index (χ3v) is 3.03. The summed E-state index contributed by atoms with van der Waals surface area (Å²) in [5.41, 5.74) is 0.705. The van der Waals surface area contributed by atoms with Crippen molar-refractivity contribution in [1.82, 2.24) is 0 Å². The molecule has 1 unspecified atom stereocenters. The number of aryl methyl sites for hydroxylation is 1. The van der Waals surface area contributed by atoms with Gasteiger partial charge in [-0.25, -0.2) is 0 Å². The number of rotatable bonds is 5. The molecule has 0 aliphatic carbocycles. The molecule has 4 heteroatoms. The van der Waals surface area contributed by atoms with Crippen LogP contribution < -0.4 is 4.74 Å².